The fraction of sp³-hybridized carbons (Fsp3) is 0.833. The molecule has 0 bridgehead atoms. The number of amides is 2. The number of nitrogens with zero attached hydrogens (tertiary/aromatic N) is 1. The molecule has 0 aliphatic carbocycles. The zero-order chi connectivity index (χ0) is 13.4. The van der Waals surface area contributed by atoms with Crippen LogP contribution in [0.3, 0.4) is 0 Å². The number of ether oxygens (including phenoxy) is 1. The quantitative estimate of drug-likeness (QED) is 0.605. The molecule has 0 radical (unpaired) electrons. The molecule has 1 unspecified atom stereocenters. The van der Waals surface area contributed by atoms with E-state index in [-0.39, 0.29) is 30.1 Å². The summed E-state index contributed by atoms with van der Waals surface area (Å²) >= 11 is 0. The van der Waals surface area contributed by atoms with Gasteiger partial charge in [0, 0.05) is 33.2 Å². The smallest absolute Gasteiger partial charge is 0.225 e. The monoisotopic (exact) mass is 293 g/mol. The van der Waals surface area contributed by atoms with E-state index in [1.54, 1.807) is 12.0 Å². The van der Waals surface area contributed by atoms with E-state index >= 15 is 0 Å². The van der Waals surface area contributed by atoms with Gasteiger partial charge < -0.3 is 20.7 Å². The maximum Gasteiger partial charge on any atom is 0.225 e. The predicted molar refractivity (Wildman–Crippen MR) is 75.1 cm³/mol. The van der Waals surface area contributed by atoms with Crippen LogP contribution in [0.15, 0.2) is 0 Å². The third-order valence-electron chi connectivity index (χ3n) is 3.08. The minimum absolute atomic E-state index is 0. The summed E-state index contributed by atoms with van der Waals surface area (Å²) in [5.74, 6) is -0.207. The van der Waals surface area contributed by atoms with Crippen molar-refractivity contribution in [3.8, 4) is 0 Å². The highest BCUT2D eigenvalue weighted by Crippen LogP contribution is 2.17. The van der Waals surface area contributed by atoms with E-state index in [0.29, 0.717) is 39.2 Å². The fourth-order valence-electron chi connectivity index (χ4n) is 1.99. The Bertz CT molecular complexity index is 289. The first-order valence-corrected chi connectivity index (χ1v) is 6.43. The van der Waals surface area contributed by atoms with E-state index < -0.39 is 0 Å². The Balaban J connectivity index is 0.00000324. The van der Waals surface area contributed by atoms with E-state index in [1.807, 2.05) is 0 Å². The van der Waals surface area contributed by atoms with Gasteiger partial charge in [-0.05, 0) is 19.4 Å². The number of likely N-dealkylation sites (tertiary alicyclic amines) is 1. The number of halogens is 1. The van der Waals surface area contributed by atoms with Gasteiger partial charge in [-0.3, -0.25) is 9.59 Å². The summed E-state index contributed by atoms with van der Waals surface area (Å²) in [7, 11) is 1.60. The molecule has 1 fully saturated rings. The summed E-state index contributed by atoms with van der Waals surface area (Å²) in [6, 6.07) is 0. The molecule has 19 heavy (non-hydrogen) atoms. The Hall–Kier alpha value is -0.850. The van der Waals surface area contributed by atoms with Crippen molar-refractivity contribution in [3.63, 3.8) is 0 Å². The average Bonchev–Trinajstić information content (AvgIpc) is 2.73. The minimum Gasteiger partial charge on any atom is -0.383 e. The van der Waals surface area contributed by atoms with Crippen molar-refractivity contribution >= 4 is 24.2 Å². The van der Waals surface area contributed by atoms with Crippen LogP contribution in [-0.2, 0) is 14.3 Å². The van der Waals surface area contributed by atoms with Crippen molar-refractivity contribution in [1.82, 2.24) is 10.2 Å². The van der Waals surface area contributed by atoms with Gasteiger partial charge in [-0.2, -0.15) is 0 Å². The first-order valence-electron chi connectivity index (χ1n) is 6.43. The number of nitrogens with one attached hydrogen (secondary N) is 1. The van der Waals surface area contributed by atoms with Gasteiger partial charge in [-0.15, -0.1) is 12.4 Å². The van der Waals surface area contributed by atoms with Crippen LogP contribution in [0.5, 0.6) is 0 Å². The molecule has 7 heteroatoms. The lowest BCUT2D eigenvalue weighted by molar-refractivity contribution is -0.129. The first-order chi connectivity index (χ1) is 8.69. The van der Waals surface area contributed by atoms with Gasteiger partial charge in [-0.25, -0.2) is 0 Å². The zero-order valence-corrected chi connectivity index (χ0v) is 12.2. The molecular formula is C12H24ClN3O3. The van der Waals surface area contributed by atoms with E-state index in [9.17, 15) is 9.59 Å². The average molecular weight is 294 g/mol. The van der Waals surface area contributed by atoms with Crippen LogP contribution in [0.4, 0.5) is 0 Å². The number of rotatable bonds is 8. The lowest BCUT2D eigenvalue weighted by Crippen LogP contribution is -2.34. The topological polar surface area (TPSA) is 84.7 Å². The summed E-state index contributed by atoms with van der Waals surface area (Å²) in [5.41, 5.74) is 5.37. The summed E-state index contributed by atoms with van der Waals surface area (Å²) in [6.45, 7) is 2.86. The minimum atomic E-state index is -0.216. The SMILES string of the molecule is COCCN1CC(C(=O)NCCCCN)CC1=O.Cl. The van der Waals surface area contributed by atoms with Crippen molar-refractivity contribution in [2.45, 2.75) is 19.3 Å². The van der Waals surface area contributed by atoms with Gasteiger partial charge in [0.2, 0.25) is 11.8 Å². The molecule has 0 aromatic heterocycles. The second-order valence-corrected chi connectivity index (χ2v) is 4.52. The molecule has 2 amide bonds. The third kappa shape index (κ3) is 6.22. The number of carbonyl (C=O) groups is 2. The van der Waals surface area contributed by atoms with Crippen LogP contribution in [0.1, 0.15) is 19.3 Å². The number of carbonyl (C=O) groups excluding carboxylic acids is 2. The molecule has 1 aliphatic rings. The van der Waals surface area contributed by atoms with Gasteiger partial charge in [0.25, 0.3) is 0 Å². The third-order valence-corrected chi connectivity index (χ3v) is 3.08. The van der Waals surface area contributed by atoms with Crippen LogP contribution in [-0.4, -0.2) is 56.6 Å². The van der Waals surface area contributed by atoms with Crippen molar-refractivity contribution in [3.05, 3.63) is 0 Å². The maximum absolute atomic E-state index is 11.8. The predicted octanol–water partition coefficient (Wildman–Crippen LogP) is -0.242. The molecule has 112 valence electrons. The molecule has 1 rings (SSSR count). The number of unbranched alkanes of at least 4 members (excludes halogenated alkanes) is 1. The molecule has 0 saturated carbocycles. The Labute approximate surface area is 120 Å². The lowest BCUT2D eigenvalue weighted by Gasteiger charge is -2.15. The van der Waals surface area contributed by atoms with Gasteiger partial charge >= 0.3 is 0 Å². The van der Waals surface area contributed by atoms with Crippen molar-refractivity contribution in [2.24, 2.45) is 11.7 Å². The van der Waals surface area contributed by atoms with Crippen LogP contribution in [0, 0.1) is 5.92 Å². The molecule has 1 saturated heterocycles. The number of hydrogen-bond donors (Lipinski definition) is 2. The molecule has 0 aromatic rings. The Morgan fingerprint density at radius 1 is 1.53 bits per heavy atom. The van der Waals surface area contributed by atoms with Gasteiger partial charge in [0.05, 0.1) is 12.5 Å². The summed E-state index contributed by atoms with van der Waals surface area (Å²) in [5, 5.41) is 2.85. The van der Waals surface area contributed by atoms with Crippen LogP contribution in [0.2, 0.25) is 0 Å². The van der Waals surface area contributed by atoms with Crippen LogP contribution in [0.25, 0.3) is 0 Å². The number of methoxy groups -OCH3 is 1. The van der Waals surface area contributed by atoms with E-state index in [2.05, 4.69) is 5.32 Å². The highest BCUT2D eigenvalue weighted by atomic mass is 35.5. The highest BCUT2D eigenvalue weighted by Gasteiger charge is 2.33. The Morgan fingerprint density at radius 2 is 2.26 bits per heavy atom. The van der Waals surface area contributed by atoms with Crippen molar-refractivity contribution in [2.75, 3.05) is 39.9 Å². The van der Waals surface area contributed by atoms with Crippen molar-refractivity contribution < 1.29 is 14.3 Å². The Morgan fingerprint density at radius 3 is 2.89 bits per heavy atom. The molecule has 0 spiro atoms. The highest BCUT2D eigenvalue weighted by molar-refractivity contribution is 5.89. The normalized spacial score (nSPS) is 18.3. The van der Waals surface area contributed by atoms with Gasteiger partial charge in [0.1, 0.15) is 0 Å². The second kappa shape index (κ2) is 10.00. The number of nitrogens with two attached hydrogens (primary N) is 1. The van der Waals surface area contributed by atoms with Crippen LogP contribution < -0.4 is 11.1 Å². The maximum atomic E-state index is 11.8. The van der Waals surface area contributed by atoms with E-state index in [4.69, 9.17) is 10.5 Å². The first kappa shape index (κ1) is 18.1. The summed E-state index contributed by atoms with van der Waals surface area (Å²) in [4.78, 5) is 25.2. The van der Waals surface area contributed by atoms with Crippen LogP contribution >= 0.6 is 12.4 Å². The number of hydrogen-bond acceptors (Lipinski definition) is 4. The van der Waals surface area contributed by atoms with E-state index in [1.165, 1.54) is 0 Å². The largest absolute Gasteiger partial charge is 0.383 e. The molecule has 1 heterocycles. The Kier molecular flexibility index (Phi) is 9.55. The molecule has 0 aromatic carbocycles. The van der Waals surface area contributed by atoms with Gasteiger partial charge in [-0.1, -0.05) is 0 Å². The molecule has 3 N–H and O–H groups in total. The van der Waals surface area contributed by atoms with Crippen molar-refractivity contribution in [1.29, 1.82) is 0 Å². The molecule has 1 aliphatic heterocycles. The van der Waals surface area contributed by atoms with E-state index in [0.717, 1.165) is 12.8 Å². The lowest BCUT2D eigenvalue weighted by atomic mass is 10.1. The molecule has 1 atom stereocenters. The molecular weight excluding hydrogens is 270 g/mol. The second-order valence-electron chi connectivity index (χ2n) is 4.52. The molecule has 6 nitrogen and oxygen atoms in total. The summed E-state index contributed by atoms with van der Waals surface area (Å²) in [6.07, 6.45) is 2.10. The zero-order valence-electron chi connectivity index (χ0n) is 11.4. The standard InChI is InChI=1S/C12H23N3O3.ClH/c1-18-7-6-15-9-10(8-11(15)16)12(17)14-5-3-2-4-13;/h10H,2-9,13H2,1H3,(H,14,17);1H. The summed E-state index contributed by atoms with van der Waals surface area (Å²) < 4.78 is 4.93. The fourth-order valence-corrected chi connectivity index (χ4v) is 1.99. The van der Waals surface area contributed by atoms with Gasteiger partial charge in [0.15, 0.2) is 0 Å².